The van der Waals surface area contributed by atoms with Crippen LogP contribution in [0, 0.1) is 0 Å². The van der Waals surface area contributed by atoms with Crippen molar-refractivity contribution in [3.05, 3.63) is 276 Å². The van der Waals surface area contributed by atoms with E-state index >= 15 is 0 Å². The minimum absolute atomic E-state index is 0.0314. The summed E-state index contributed by atoms with van der Waals surface area (Å²) >= 11 is 0. The smallest absolute Gasteiger partial charge is 0.441 e. The first-order valence-corrected chi connectivity index (χ1v) is 43.5. The number of halogens is 3. The molecule has 4 amide bonds. The van der Waals surface area contributed by atoms with Crippen LogP contribution in [0.4, 0.5) is 32.3 Å². The molecule has 121 heavy (non-hydrogen) atoms. The molecule has 0 N–H and O–H groups in total. The highest BCUT2D eigenvalue weighted by molar-refractivity contribution is 7.87. The van der Waals surface area contributed by atoms with E-state index in [1.165, 1.54) is 28.3 Å². The number of cyclic esters (lactones) is 4. The summed E-state index contributed by atoms with van der Waals surface area (Å²) in [5.74, 6) is 0.820. The molecule has 0 bridgehead atoms. The third-order valence-corrected chi connectivity index (χ3v) is 26.2. The zero-order chi connectivity index (χ0) is 86.3. The normalized spacial score (nSPS) is 26.1. The second kappa shape index (κ2) is 36.7. The van der Waals surface area contributed by atoms with Gasteiger partial charge in [0.25, 0.3) is 0 Å². The molecule has 4 aliphatic carbocycles. The first-order valence-electron chi connectivity index (χ1n) is 42.1. The van der Waals surface area contributed by atoms with Gasteiger partial charge in [0.1, 0.15) is 28.2 Å². The van der Waals surface area contributed by atoms with Gasteiger partial charge in [-0.2, -0.15) is 21.6 Å². The first-order chi connectivity index (χ1) is 57.5. The van der Waals surface area contributed by atoms with Crippen LogP contribution in [0.1, 0.15) is 248 Å². The van der Waals surface area contributed by atoms with Crippen LogP contribution in [0.25, 0.3) is 5.57 Å². The van der Waals surface area contributed by atoms with Crippen molar-refractivity contribution in [2.45, 2.75) is 272 Å². The Hall–Kier alpha value is -10.4. The van der Waals surface area contributed by atoms with Crippen LogP contribution in [-0.4, -0.2) is 143 Å². The number of carbonyl (C=O) groups excluding carboxylic acids is 4. The Morgan fingerprint density at radius 2 is 0.702 bits per heavy atom. The number of nitrogens with zero attached hydrogens (tertiary/aromatic N) is 8. The predicted molar refractivity (Wildman–Crippen MR) is 456 cm³/mol. The number of benzene rings is 4. The molecule has 640 valence electrons. The highest BCUT2D eigenvalue weighted by atomic mass is 32.2. The third-order valence-electron chi connectivity index (χ3n) is 25.2. The maximum Gasteiger partial charge on any atom is 0.534 e. The summed E-state index contributed by atoms with van der Waals surface area (Å²) in [5, 5.41) is 0. The fourth-order valence-corrected chi connectivity index (χ4v) is 19.2. The molecule has 26 heteroatoms. The molecule has 5 saturated heterocycles. The Balaban J connectivity index is 0.000000132. The van der Waals surface area contributed by atoms with E-state index in [9.17, 15) is 40.8 Å². The average Bonchev–Trinajstić information content (AvgIpc) is 1.59. The number of allylic oxidation sites excluding steroid dienone is 2. The summed E-state index contributed by atoms with van der Waals surface area (Å²) in [5.41, 5.74) is 1.99. The SMILES string of the molecule is CC1(C)OB(c2cccnc2)OC1(C)C.CC1(C)OC(=O)N(C2CC=C(OS(=O)(=O)C(F)(F)F)CC2)[C@H]1c1ccccc1.CC1(C)OC(=O)N(C2CC=C(c3cccnc3)CC2)[C@H]1c1ccccc1.CC1(C)OC(=O)N(C2CCC(c3cccnc3)CC2)[C@H]1c1ccccc1.CC1(C)OC(=O)N(C2CCC(c3cccnc3)CC2)[C@H]1c1ccccc1. The molecule has 0 spiro atoms. The van der Waals surface area contributed by atoms with Crippen molar-refractivity contribution in [2.75, 3.05) is 0 Å². The summed E-state index contributed by atoms with van der Waals surface area (Å²) < 4.78 is 98.5. The molecule has 4 aromatic heterocycles. The van der Waals surface area contributed by atoms with Gasteiger partial charge in [-0.25, -0.2) is 19.2 Å². The Bertz CT molecular complexity index is 4840. The quantitative estimate of drug-likeness (QED) is 0.0426. The monoisotopic (exact) mass is 1670 g/mol. The van der Waals surface area contributed by atoms with E-state index in [0.29, 0.717) is 11.8 Å². The highest BCUT2D eigenvalue weighted by Gasteiger charge is 2.57. The number of pyridine rings is 4. The molecular weight excluding hydrogens is 1560 g/mol. The predicted octanol–water partition coefficient (Wildman–Crippen LogP) is 20.8. The fraction of sp³-hybridized carbons (Fsp3) is 0.453. The molecule has 2 saturated carbocycles. The van der Waals surface area contributed by atoms with Crippen molar-refractivity contribution >= 4 is 52.6 Å². The Morgan fingerprint density at radius 3 is 1.00 bits per heavy atom. The van der Waals surface area contributed by atoms with Crippen molar-refractivity contribution in [3.63, 3.8) is 0 Å². The first kappa shape index (κ1) is 88.4. The summed E-state index contributed by atoms with van der Waals surface area (Å²) in [6, 6.07) is 56.1. The molecular formula is C95H112BF3N8O13S. The molecule has 0 radical (unpaired) electrons. The van der Waals surface area contributed by atoms with Crippen LogP contribution in [0.15, 0.2) is 237 Å². The van der Waals surface area contributed by atoms with E-state index in [1.807, 2.05) is 230 Å². The molecule has 21 nitrogen and oxygen atoms in total. The molecule has 2 unspecified atom stereocenters. The lowest BCUT2D eigenvalue weighted by Crippen LogP contribution is -2.42. The summed E-state index contributed by atoms with van der Waals surface area (Å²) in [6.45, 7) is 23.8. The molecule has 9 heterocycles. The van der Waals surface area contributed by atoms with E-state index in [0.717, 1.165) is 98.3 Å². The van der Waals surface area contributed by atoms with Crippen LogP contribution in [0.3, 0.4) is 0 Å². The summed E-state index contributed by atoms with van der Waals surface area (Å²) in [6.07, 6.45) is 28.8. The standard InChI is InChI=1S/2C22H26N2O2.C22H24N2O2.C18H20F3NO5S.C11H16BNO2/c3*1-22(2)20(17-7-4-3-5-8-17)24(21(25)26-22)19-12-10-16(11-13-19)18-9-6-14-23-15-18;1-17(2)15(12-6-4-3-5-7-12)22(16(23)26-17)13-8-10-14(11-9-13)27-28(24,25)18(19,20)21;1-10(2)11(3,4)15-12(14-10)9-6-5-7-13-8-9/h2*3-9,14-16,19-20H,10-13H2,1-2H3;3-10,14-15,19-20H,11-13H2,1-2H3;3-7,10,13,15H,8-9,11H2,1-2H3;5-8H,1-4H3/t2*16?,19?,20-;19?,20-;13?,15-;/m0000./s1. The van der Waals surface area contributed by atoms with Gasteiger partial charge in [-0.15, -0.1) is 0 Å². The number of ether oxygens (including phenoxy) is 4. The van der Waals surface area contributed by atoms with Crippen LogP contribution < -0.4 is 5.46 Å². The Kier molecular flexibility index (Phi) is 26.8. The number of carbonyl (C=O) groups is 4. The lowest BCUT2D eigenvalue weighted by Gasteiger charge is -2.38. The van der Waals surface area contributed by atoms with E-state index in [2.05, 4.69) is 84.8 Å². The lowest BCUT2D eigenvalue weighted by molar-refractivity contribution is -0.0525. The molecule has 5 aliphatic heterocycles. The van der Waals surface area contributed by atoms with Crippen molar-refractivity contribution in [1.29, 1.82) is 0 Å². The summed E-state index contributed by atoms with van der Waals surface area (Å²) in [7, 11) is -5.99. The molecule has 9 aliphatic rings. The Morgan fingerprint density at radius 1 is 0.380 bits per heavy atom. The third kappa shape index (κ3) is 20.2. The molecule has 8 aromatic rings. The van der Waals surface area contributed by atoms with Gasteiger partial charge < -0.3 is 32.4 Å². The van der Waals surface area contributed by atoms with E-state index in [4.69, 9.17) is 28.3 Å². The zero-order valence-corrected chi connectivity index (χ0v) is 71.9. The van der Waals surface area contributed by atoms with Crippen LogP contribution >= 0.6 is 0 Å². The van der Waals surface area contributed by atoms with Crippen molar-refractivity contribution in [2.24, 2.45) is 0 Å². The number of amides is 4. The topological polar surface area (TPSA) is 232 Å². The molecule has 17 rings (SSSR count). The molecule has 7 fully saturated rings. The molecule has 6 atom stereocenters. The van der Waals surface area contributed by atoms with Gasteiger partial charge in [0.2, 0.25) is 0 Å². The van der Waals surface area contributed by atoms with Gasteiger partial charge >= 0.3 is 47.1 Å². The van der Waals surface area contributed by atoms with Crippen molar-refractivity contribution < 1.29 is 73.2 Å². The average molecular weight is 1670 g/mol. The number of aromatic nitrogens is 4. The van der Waals surface area contributed by atoms with Crippen molar-refractivity contribution in [3.8, 4) is 0 Å². The van der Waals surface area contributed by atoms with Gasteiger partial charge in [0, 0.05) is 85.6 Å². The summed E-state index contributed by atoms with van der Waals surface area (Å²) in [4.78, 5) is 75.0. The molecule has 4 aromatic carbocycles. The minimum atomic E-state index is -5.69. The largest absolute Gasteiger partial charge is 0.534 e. The van der Waals surface area contributed by atoms with Crippen molar-refractivity contribution in [1.82, 2.24) is 39.5 Å². The maximum atomic E-state index is 12.7. The van der Waals surface area contributed by atoms with Gasteiger partial charge in [-0.05, 0) is 253 Å². The van der Waals surface area contributed by atoms with E-state index in [-0.39, 0.29) is 110 Å². The number of hydrogen-bond acceptors (Lipinski definition) is 17. The number of alkyl halides is 3. The van der Waals surface area contributed by atoms with E-state index in [1.54, 1.807) is 37.3 Å². The number of rotatable bonds is 14. The fourth-order valence-electron chi connectivity index (χ4n) is 18.6. The second-order valence-corrected chi connectivity index (χ2v) is 37.2. The lowest BCUT2D eigenvalue weighted by atomic mass is 9.80. The second-order valence-electron chi connectivity index (χ2n) is 35.7. The minimum Gasteiger partial charge on any atom is -0.441 e. The van der Waals surface area contributed by atoms with Gasteiger partial charge in [-0.1, -0.05) is 152 Å². The Labute approximate surface area is 710 Å². The van der Waals surface area contributed by atoms with Gasteiger partial charge in [-0.3, -0.25) is 39.5 Å². The van der Waals surface area contributed by atoms with Gasteiger partial charge in [0.15, 0.2) is 0 Å². The van der Waals surface area contributed by atoms with Crippen LogP contribution in [0.2, 0.25) is 0 Å². The van der Waals surface area contributed by atoms with Crippen LogP contribution in [0.5, 0.6) is 0 Å². The van der Waals surface area contributed by atoms with Gasteiger partial charge in [0.05, 0.1) is 35.4 Å². The highest BCUT2D eigenvalue weighted by Crippen LogP contribution is 2.51. The number of hydrogen-bond donors (Lipinski definition) is 0. The van der Waals surface area contributed by atoms with Crippen LogP contribution in [-0.2, 0) is 42.6 Å². The zero-order valence-electron chi connectivity index (χ0n) is 71.1. The van der Waals surface area contributed by atoms with E-state index < -0.39 is 44.1 Å². The maximum absolute atomic E-state index is 12.7.